The Balaban J connectivity index is 1.07. The number of piperazine rings is 1. The molecule has 40 heavy (non-hydrogen) atoms. The molecule has 204 valence electrons. The number of H-pyrrole nitrogens is 1. The minimum Gasteiger partial charge on any atom is -0.457 e. The van der Waals surface area contributed by atoms with Crippen molar-refractivity contribution in [1.29, 1.82) is 0 Å². The molecule has 1 saturated heterocycles. The lowest BCUT2D eigenvalue weighted by Crippen LogP contribution is -2.53. The lowest BCUT2D eigenvalue weighted by atomic mass is 10.0. The molecule has 1 aliphatic rings. The van der Waals surface area contributed by atoms with Crippen LogP contribution in [0.3, 0.4) is 0 Å². The maximum atomic E-state index is 13.1. The highest BCUT2D eigenvalue weighted by Crippen LogP contribution is 2.36. The maximum absolute atomic E-state index is 13.1. The SMILES string of the molecule is Cn1cncc1-c1c[nH]c2nccc(Oc3ccc(C[C@H](N)C(=O)N4CCN(Cc5ccccc5)CC4)cc3)c12. The van der Waals surface area contributed by atoms with Crippen LogP contribution < -0.4 is 10.5 Å². The summed E-state index contributed by atoms with van der Waals surface area (Å²) in [4.78, 5) is 29.3. The Labute approximate surface area is 233 Å². The van der Waals surface area contributed by atoms with Gasteiger partial charge in [-0.25, -0.2) is 9.97 Å². The first-order valence-electron chi connectivity index (χ1n) is 13.6. The van der Waals surface area contributed by atoms with Gasteiger partial charge in [0.05, 0.1) is 29.6 Å². The zero-order chi connectivity index (χ0) is 27.5. The fourth-order valence-electron chi connectivity index (χ4n) is 5.29. The average Bonchev–Trinajstić information content (AvgIpc) is 3.61. The van der Waals surface area contributed by atoms with Gasteiger partial charge in [-0.05, 0) is 35.7 Å². The molecule has 9 nitrogen and oxygen atoms in total. The molecule has 0 unspecified atom stereocenters. The number of nitrogens with zero attached hydrogens (tertiary/aromatic N) is 5. The number of aromatic nitrogens is 4. The number of ether oxygens (including phenoxy) is 1. The maximum Gasteiger partial charge on any atom is 0.239 e. The van der Waals surface area contributed by atoms with Crippen LogP contribution in [0.4, 0.5) is 0 Å². The van der Waals surface area contributed by atoms with Crippen molar-refractivity contribution in [3.63, 3.8) is 0 Å². The summed E-state index contributed by atoms with van der Waals surface area (Å²) in [5, 5.41) is 0.895. The van der Waals surface area contributed by atoms with Gasteiger partial charge in [-0.2, -0.15) is 0 Å². The number of pyridine rings is 1. The van der Waals surface area contributed by atoms with Crippen molar-refractivity contribution in [1.82, 2.24) is 29.3 Å². The molecule has 6 rings (SSSR count). The summed E-state index contributed by atoms with van der Waals surface area (Å²) >= 11 is 0. The van der Waals surface area contributed by atoms with E-state index in [1.165, 1.54) is 5.56 Å². The fourth-order valence-corrected chi connectivity index (χ4v) is 5.29. The molecule has 3 N–H and O–H groups in total. The third kappa shape index (κ3) is 5.47. The number of benzene rings is 2. The fraction of sp³-hybridized carbons (Fsp3) is 0.258. The topological polar surface area (TPSA) is 105 Å². The van der Waals surface area contributed by atoms with Crippen LogP contribution in [0, 0.1) is 0 Å². The van der Waals surface area contributed by atoms with E-state index in [-0.39, 0.29) is 5.91 Å². The molecule has 4 heterocycles. The Bertz CT molecular complexity index is 1590. The third-order valence-electron chi connectivity index (χ3n) is 7.48. The van der Waals surface area contributed by atoms with E-state index in [0.29, 0.717) is 31.0 Å². The van der Waals surface area contributed by atoms with E-state index < -0.39 is 6.04 Å². The minimum atomic E-state index is -0.575. The van der Waals surface area contributed by atoms with E-state index in [4.69, 9.17) is 10.5 Å². The van der Waals surface area contributed by atoms with Gasteiger partial charge in [-0.15, -0.1) is 0 Å². The normalized spacial score (nSPS) is 14.9. The van der Waals surface area contributed by atoms with E-state index in [1.54, 1.807) is 12.5 Å². The number of hydrogen-bond acceptors (Lipinski definition) is 6. The van der Waals surface area contributed by atoms with Gasteiger partial charge in [-0.3, -0.25) is 9.69 Å². The van der Waals surface area contributed by atoms with Crippen molar-refractivity contribution < 1.29 is 9.53 Å². The smallest absolute Gasteiger partial charge is 0.239 e. The van der Waals surface area contributed by atoms with Gasteiger partial charge >= 0.3 is 0 Å². The Kier molecular flexibility index (Phi) is 7.31. The van der Waals surface area contributed by atoms with Crippen LogP contribution in [-0.4, -0.2) is 67.4 Å². The number of imidazole rings is 1. The van der Waals surface area contributed by atoms with Crippen molar-refractivity contribution in [3.8, 4) is 22.8 Å². The van der Waals surface area contributed by atoms with Crippen LogP contribution in [0.25, 0.3) is 22.3 Å². The number of amides is 1. The zero-order valence-corrected chi connectivity index (χ0v) is 22.5. The first-order chi connectivity index (χ1) is 19.5. The largest absolute Gasteiger partial charge is 0.457 e. The van der Waals surface area contributed by atoms with E-state index in [0.717, 1.165) is 47.5 Å². The molecule has 5 aromatic rings. The van der Waals surface area contributed by atoms with Crippen molar-refractivity contribution in [2.45, 2.75) is 19.0 Å². The van der Waals surface area contributed by atoms with Crippen molar-refractivity contribution in [2.75, 3.05) is 26.2 Å². The van der Waals surface area contributed by atoms with Crippen molar-refractivity contribution in [2.24, 2.45) is 12.8 Å². The summed E-state index contributed by atoms with van der Waals surface area (Å²) in [6, 6.07) is 19.5. The molecule has 1 fully saturated rings. The molecule has 1 amide bonds. The van der Waals surface area contributed by atoms with E-state index >= 15 is 0 Å². The highest BCUT2D eigenvalue weighted by atomic mass is 16.5. The minimum absolute atomic E-state index is 0.00835. The average molecular weight is 536 g/mol. The summed E-state index contributed by atoms with van der Waals surface area (Å²) in [6.45, 7) is 4.01. The second-order valence-corrected chi connectivity index (χ2v) is 10.3. The molecule has 0 saturated carbocycles. The van der Waals surface area contributed by atoms with Crippen molar-refractivity contribution >= 4 is 16.9 Å². The highest BCUT2D eigenvalue weighted by molar-refractivity contribution is 5.97. The predicted octanol–water partition coefficient (Wildman–Crippen LogP) is 3.97. The Morgan fingerprint density at radius 3 is 2.52 bits per heavy atom. The summed E-state index contributed by atoms with van der Waals surface area (Å²) in [7, 11) is 1.96. The number of nitrogens with one attached hydrogen (secondary N) is 1. The molecular weight excluding hydrogens is 502 g/mol. The lowest BCUT2D eigenvalue weighted by Gasteiger charge is -2.36. The van der Waals surface area contributed by atoms with Crippen molar-refractivity contribution in [3.05, 3.63) is 96.7 Å². The molecule has 1 atom stereocenters. The van der Waals surface area contributed by atoms with Crippen LogP contribution in [0.15, 0.2) is 85.6 Å². The van der Waals surface area contributed by atoms with Gasteiger partial charge in [0.25, 0.3) is 0 Å². The number of carbonyl (C=O) groups excluding carboxylic acids is 1. The highest BCUT2D eigenvalue weighted by Gasteiger charge is 2.25. The van der Waals surface area contributed by atoms with E-state index in [2.05, 4.69) is 44.1 Å². The van der Waals surface area contributed by atoms with Gasteiger partial charge in [0.2, 0.25) is 5.91 Å². The number of fused-ring (bicyclic) bond motifs is 1. The number of nitrogens with two attached hydrogens (primary N) is 1. The molecule has 0 spiro atoms. The quantitative estimate of drug-likeness (QED) is 0.312. The van der Waals surface area contributed by atoms with Gasteiger partial charge in [0.15, 0.2) is 0 Å². The predicted molar refractivity (Wildman–Crippen MR) is 155 cm³/mol. The molecular formula is C31H33N7O2. The monoisotopic (exact) mass is 535 g/mol. The van der Waals surface area contributed by atoms with E-state index in [9.17, 15) is 4.79 Å². The number of aryl methyl sites for hydroxylation is 1. The molecule has 3 aromatic heterocycles. The van der Waals surface area contributed by atoms with Gasteiger partial charge < -0.3 is 24.9 Å². The molecule has 0 aliphatic carbocycles. The Hall–Kier alpha value is -4.47. The second-order valence-electron chi connectivity index (χ2n) is 10.3. The van der Waals surface area contributed by atoms with Gasteiger partial charge in [-0.1, -0.05) is 42.5 Å². The van der Waals surface area contributed by atoms with Crippen LogP contribution in [0.1, 0.15) is 11.1 Å². The van der Waals surface area contributed by atoms with Gasteiger partial charge in [0.1, 0.15) is 17.1 Å². The number of rotatable bonds is 8. The zero-order valence-electron chi connectivity index (χ0n) is 22.5. The number of hydrogen-bond donors (Lipinski definition) is 2. The Morgan fingerprint density at radius 2 is 1.80 bits per heavy atom. The van der Waals surface area contributed by atoms with Crippen LogP contribution in [0.2, 0.25) is 0 Å². The first kappa shape index (κ1) is 25.8. The van der Waals surface area contributed by atoms with E-state index in [1.807, 2.05) is 65.3 Å². The summed E-state index contributed by atoms with van der Waals surface area (Å²) < 4.78 is 8.24. The van der Waals surface area contributed by atoms with Crippen LogP contribution >= 0.6 is 0 Å². The Morgan fingerprint density at radius 1 is 1.02 bits per heavy atom. The first-order valence-corrected chi connectivity index (χ1v) is 13.6. The molecule has 0 bridgehead atoms. The molecule has 9 heteroatoms. The second kappa shape index (κ2) is 11.3. The van der Waals surface area contributed by atoms with Gasteiger partial charge in [0, 0.05) is 57.7 Å². The number of aromatic amines is 1. The summed E-state index contributed by atoms with van der Waals surface area (Å²) in [5.74, 6) is 1.41. The summed E-state index contributed by atoms with van der Waals surface area (Å²) in [6.07, 6.45) is 7.72. The lowest BCUT2D eigenvalue weighted by molar-refractivity contribution is -0.134. The molecule has 1 aliphatic heterocycles. The summed E-state index contributed by atoms with van der Waals surface area (Å²) in [5.41, 5.74) is 11.3. The number of carbonyl (C=O) groups is 1. The molecule has 0 radical (unpaired) electrons. The van der Waals surface area contributed by atoms with Crippen LogP contribution in [0.5, 0.6) is 11.5 Å². The standard InChI is InChI=1S/C31H33N7O2/c1-36-21-33-19-27(36)25-18-35-30-29(25)28(11-12-34-30)40-24-9-7-22(8-10-24)17-26(32)31(39)38-15-13-37(14-16-38)20-23-5-3-2-4-6-23/h2-12,18-19,21,26H,13-17,20,32H2,1H3,(H,34,35)/t26-/m0/s1. The molecule has 2 aromatic carbocycles. The van der Waals surface area contributed by atoms with Crippen LogP contribution in [-0.2, 0) is 24.8 Å². The third-order valence-corrected chi connectivity index (χ3v) is 7.48.